The van der Waals surface area contributed by atoms with E-state index in [1.165, 1.54) is 6.07 Å². The van der Waals surface area contributed by atoms with E-state index in [1.807, 2.05) is 12.1 Å². The lowest BCUT2D eigenvalue weighted by molar-refractivity contribution is 0.146. The van der Waals surface area contributed by atoms with E-state index in [2.05, 4.69) is 0 Å². The van der Waals surface area contributed by atoms with Gasteiger partial charge in [-0.2, -0.15) is 0 Å². The highest BCUT2D eigenvalue weighted by Crippen LogP contribution is 2.70. The maximum absolute atomic E-state index is 13.4. The van der Waals surface area contributed by atoms with Crippen molar-refractivity contribution in [3.8, 4) is 5.75 Å². The fourth-order valence-electron chi connectivity index (χ4n) is 2.89. The van der Waals surface area contributed by atoms with E-state index in [1.54, 1.807) is 19.2 Å². The van der Waals surface area contributed by atoms with E-state index in [4.69, 9.17) is 27.9 Å². The average molecular weight is 361 g/mol. The Morgan fingerprint density at radius 1 is 1.00 bits per heavy atom. The topological polar surface area (TPSA) is 9.23 Å². The molecule has 1 aliphatic rings. The standard InChI is InChI=1S/C17H13Cl2F3O/c1-23-11-5-2-9(3-6-11)14-15(17(14,18)19)10-4-7-13(20)12(8-10)16(21)22/h2-8,14-16H,1H3. The molecule has 1 fully saturated rings. The Bertz CT molecular complexity index is 716. The Morgan fingerprint density at radius 2 is 1.57 bits per heavy atom. The minimum absolute atomic E-state index is 0.243. The van der Waals surface area contributed by atoms with Gasteiger partial charge in [0.05, 0.1) is 12.7 Å². The van der Waals surface area contributed by atoms with Crippen molar-refractivity contribution in [1.29, 1.82) is 0 Å². The zero-order valence-electron chi connectivity index (χ0n) is 12.1. The molecule has 0 saturated heterocycles. The van der Waals surface area contributed by atoms with Crippen molar-refractivity contribution in [2.45, 2.75) is 22.6 Å². The molecule has 0 aliphatic heterocycles. The number of halogens is 5. The van der Waals surface area contributed by atoms with E-state index in [9.17, 15) is 13.2 Å². The predicted octanol–water partition coefficient (Wildman–Crippen LogP) is 5.83. The van der Waals surface area contributed by atoms with Crippen molar-refractivity contribution < 1.29 is 17.9 Å². The van der Waals surface area contributed by atoms with Crippen LogP contribution in [0.3, 0.4) is 0 Å². The minimum atomic E-state index is -2.88. The number of ether oxygens (including phenoxy) is 1. The molecule has 6 heteroatoms. The second kappa shape index (κ2) is 5.91. The largest absolute Gasteiger partial charge is 0.497 e. The van der Waals surface area contributed by atoms with Gasteiger partial charge in [0.2, 0.25) is 0 Å². The monoisotopic (exact) mass is 360 g/mol. The summed E-state index contributed by atoms with van der Waals surface area (Å²) in [5, 5.41) is 0. The molecule has 0 heterocycles. The maximum atomic E-state index is 13.4. The Hall–Kier alpha value is -1.39. The second-order valence-corrected chi connectivity index (χ2v) is 6.93. The molecular weight excluding hydrogens is 348 g/mol. The van der Waals surface area contributed by atoms with E-state index < -0.39 is 22.1 Å². The Kier molecular flexibility index (Phi) is 4.23. The number of benzene rings is 2. The van der Waals surface area contributed by atoms with Gasteiger partial charge in [0, 0.05) is 11.8 Å². The molecule has 1 saturated carbocycles. The van der Waals surface area contributed by atoms with Gasteiger partial charge in [-0.1, -0.05) is 18.2 Å². The third-order valence-corrected chi connectivity index (χ3v) is 5.08. The summed E-state index contributed by atoms with van der Waals surface area (Å²) in [7, 11) is 1.56. The first kappa shape index (κ1) is 16.5. The number of rotatable bonds is 4. The molecule has 0 aromatic heterocycles. The molecule has 0 amide bonds. The Morgan fingerprint density at radius 3 is 2.13 bits per heavy atom. The smallest absolute Gasteiger partial charge is 0.266 e. The van der Waals surface area contributed by atoms with Crippen LogP contribution < -0.4 is 4.74 Å². The second-order valence-electron chi connectivity index (χ2n) is 5.48. The maximum Gasteiger partial charge on any atom is 0.266 e. The van der Waals surface area contributed by atoms with Crippen LogP contribution in [-0.2, 0) is 0 Å². The van der Waals surface area contributed by atoms with Gasteiger partial charge < -0.3 is 4.74 Å². The van der Waals surface area contributed by atoms with E-state index in [-0.39, 0.29) is 11.8 Å². The lowest BCUT2D eigenvalue weighted by Gasteiger charge is -2.06. The fourth-order valence-corrected chi connectivity index (χ4v) is 3.77. The zero-order chi connectivity index (χ0) is 16.8. The molecule has 1 nitrogen and oxygen atoms in total. The molecule has 3 rings (SSSR count). The average Bonchev–Trinajstić information content (AvgIpc) is 3.10. The molecule has 2 unspecified atom stereocenters. The number of methoxy groups -OCH3 is 1. The normalized spacial score (nSPS) is 22.2. The van der Waals surface area contributed by atoms with Gasteiger partial charge in [0.25, 0.3) is 6.43 Å². The van der Waals surface area contributed by atoms with E-state index in [0.29, 0.717) is 11.3 Å². The molecule has 0 N–H and O–H groups in total. The molecule has 1 aliphatic carbocycles. The summed E-state index contributed by atoms with van der Waals surface area (Å²) in [6.45, 7) is 0. The van der Waals surface area contributed by atoms with Gasteiger partial charge in [-0.25, -0.2) is 13.2 Å². The highest BCUT2D eigenvalue weighted by Gasteiger charge is 2.64. The van der Waals surface area contributed by atoms with Crippen LogP contribution in [0.4, 0.5) is 13.2 Å². The van der Waals surface area contributed by atoms with Gasteiger partial charge in [-0.15, -0.1) is 23.2 Å². The van der Waals surface area contributed by atoms with Crippen LogP contribution in [0, 0.1) is 5.82 Å². The lowest BCUT2D eigenvalue weighted by atomic mass is 10.0. The molecular formula is C17H13Cl2F3O. The number of alkyl halides is 4. The quantitative estimate of drug-likeness (QED) is 0.623. The lowest BCUT2D eigenvalue weighted by Crippen LogP contribution is -1.95. The summed E-state index contributed by atoms with van der Waals surface area (Å²) in [6.07, 6.45) is -2.88. The van der Waals surface area contributed by atoms with E-state index >= 15 is 0 Å². The molecule has 0 radical (unpaired) electrons. The minimum Gasteiger partial charge on any atom is -0.497 e. The third kappa shape index (κ3) is 2.90. The van der Waals surface area contributed by atoms with Gasteiger partial charge >= 0.3 is 0 Å². The highest BCUT2D eigenvalue weighted by atomic mass is 35.5. The zero-order valence-corrected chi connectivity index (χ0v) is 13.6. The van der Waals surface area contributed by atoms with Crippen LogP contribution in [0.2, 0.25) is 0 Å². The SMILES string of the molecule is COc1ccc(C2C(c3ccc(F)c(C(F)F)c3)C2(Cl)Cl)cc1. The first-order chi connectivity index (χ1) is 10.9. The Labute approximate surface area is 142 Å². The number of hydrogen-bond donors (Lipinski definition) is 0. The highest BCUT2D eigenvalue weighted by molar-refractivity contribution is 6.52. The Balaban J connectivity index is 1.92. The molecule has 2 aromatic rings. The molecule has 0 spiro atoms. The summed E-state index contributed by atoms with van der Waals surface area (Å²) < 4.78 is 43.2. The summed E-state index contributed by atoms with van der Waals surface area (Å²) in [6, 6.07) is 10.9. The van der Waals surface area contributed by atoms with Gasteiger partial charge in [-0.05, 0) is 35.4 Å². The van der Waals surface area contributed by atoms with Crippen molar-refractivity contribution in [3.63, 3.8) is 0 Å². The van der Waals surface area contributed by atoms with Crippen molar-refractivity contribution in [2.75, 3.05) is 7.11 Å². The summed E-state index contributed by atoms with van der Waals surface area (Å²) >= 11 is 12.7. The van der Waals surface area contributed by atoms with Crippen molar-refractivity contribution in [3.05, 3.63) is 65.0 Å². The van der Waals surface area contributed by atoms with Crippen LogP contribution >= 0.6 is 23.2 Å². The van der Waals surface area contributed by atoms with Crippen molar-refractivity contribution in [2.24, 2.45) is 0 Å². The van der Waals surface area contributed by atoms with Crippen molar-refractivity contribution in [1.82, 2.24) is 0 Å². The third-order valence-electron chi connectivity index (χ3n) is 4.14. The van der Waals surface area contributed by atoms with Crippen LogP contribution in [0.15, 0.2) is 42.5 Å². The summed E-state index contributed by atoms with van der Waals surface area (Å²) in [5.41, 5.74) is 0.753. The number of hydrogen-bond acceptors (Lipinski definition) is 1. The fraction of sp³-hybridized carbons (Fsp3) is 0.294. The first-order valence-corrected chi connectivity index (χ1v) is 7.71. The molecule has 23 heavy (non-hydrogen) atoms. The van der Waals surface area contributed by atoms with Crippen molar-refractivity contribution >= 4 is 23.2 Å². The van der Waals surface area contributed by atoms with Gasteiger partial charge in [0.15, 0.2) is 0 Å². The first-order valence-electron chi connectivity index (χ1n) is 6.95. The van der Waals surface area contributed by atoms with Crippen LogP contribution in [-0.4, -0.2) is 11.4 Å². The van der Waals surface area contributed by atoms with Gasteiger partial charge in [-0.3, -0.25) is 0 Å². The summed E-state index contributed by atoms with van der Waals surface area (Å²) in [5.74, 6) is -0.840. The summed E-state index contributed by atoms with van der Waals surface area (Å²) in [4.78, 5) is 0. The van der Waals surface area contributed by atoms with E-state index in [0.717, 1.165) is 17.7 Å². The van der Waals surface area contributed by atoms with Crippen LogP contribution in [0.1, 0.15) is 35.0 Å². The van der Waals surface area contributed by atoms with Crippen LogP contribution in [0.5, 0.6) is 5.75 Å². The molecule has 2 aromatic carbocycles. The predicted molar refractivity (Wildman–Crippen MR) is 84.3 cm³/mol. The molecule has 122 valence electrons. The van der Waals surface area contributed by atoms with Gasteiger partial charge in [0.1, 0.15) is 15.9 Å². The van der Waals surface area contributed by atoms with Crippen LogP contribution in [0.25, 0.3) is 0 Å². The molecule has 2 atom stereocenters. The molecule has 0 bridgehead atoms.